The molecule has 0 aliphatic heterocycles. The number of nitrogens with one attached hydrogen (secondary N) is 2. The third kappa shape index (κ3) is 4.72. The molecule has 0 aromatic heterocycles. The van der Waals surface area contributed by atoms with Gasteiger partial charge < -0.3 is 5.32 Å². The molecular weight excluding hydrogens is 354 g/mol. The molecule has 0 saturated heterocycles. The molecule has 0 radical (unpaired) electrons. The highest BCUT2D eigenvalue weighted by Gasteiger charge is 2.22. The van der Waals surface area contributed by atoms with Crippen molar-refractivity contribution in [3.63, 3.8) is 0 Å². The fourth-order valence-electron chi connectivity index (χ4n) is 2.51. The highest BCUT2D eigenvalue weighted by molar-refractivity contribution is 7.92. The quantitative estimate of drug-likeness (QED) is 0.407. The number of nitrogens with zero attached hydrogens (tertiary/aromatic N) is 1. The summed E-state index contributed by atoms with van der Waals surface area (Å²) in [6.07, 6.45) is 1.82. The molecule has 2 N–H and O–H groups in total. The zero-order chi connectivity index (χ0) is 19.3. The molecule has 2 aromatic rings. The van der Waals surface area contributed by atoms with E-state index >= 15 is 0 Å². The standard InChI is InChI=1S/C18H23N3O4S/c1-4-5-10-19-17-9-7-15(12-18(17)21(22)23)26(24,25)20-16-8-6-13(2)11-14(16)3/h6-9,11-12,19-20H,4-5,10H2,1-3H3. The van der Waals surface area contributed by atoms with Gasteiger partial charge >= 0.3 is 0 Å². The lowest BCUT2D eigenvalue weighted by Crippen LogP contribution is -2.14. The molecule has 140 valence electrons. The number of unbranched alkanes of at least 4 members (excludes halogenated alkanes) is 1. The van der Waals surface area contributed by atoms with Crippen LogP contribution in [0.25, 0.3) is 0 Å². The molecule has 0 atom stereocenters. The van der Waals surface area contributed by atoms with E-state index in [1.54, 1.807) is 19.1 Å². The van der Waals surface area contributed by atoms with Gasteiger partial charge in [0.25, 0.3) is 15.7 Å². The number of sulfonamides is 1. The number of aryl methyl sites for hydroxylation is 2. The van der Waals surface area contributed by atoms with E-state index in [9.17, 15) is 18.5 Å². The van der Waals surface area contributed by atoms with Crippen molar-refractivity contribution in [2.45, 2.75) is 38.5 Å². The van der Waals surface area contributed by atoms with Crippen LogP contribution in [0.15, 0.2) is 41.3 Å². The van der Waals surface area contributed by atoms with E-state index in [0.717, 1.165) is 30.0 Å². The van der Waals surface area contributed by atoms with Crippen molar-refractivity contribution in [2.24, 2.45) is 0 Å². The monoisotopic (exact) mass is 377 g/mol. The third-order valence-corrected chi connectivity index (χ3v) is 5.31. The number of nitro benzene ring substituents is 1. The lowest BCUT2D eigenvalue weighted by atomic mass is 10.1. The molecule has 26 heavy (non-hydrogen) atoms. The van der Waals surface area contributed by atoms with Crippen molar-refractivity contribution >= 4 is 27.1 Å². The largest absolute Gasteiger partial charge is 0.379 e. The van der Waals surface area contributed by atoms with Gasteiger partial charge in [-0.1, -0.05) is 31.0 Å². The van der Waals surface area contributed by atoms with Crippen molar-refractivity contribution < 1.29 is 13.3 Å². The number of anilines is 2. The first-order chi connectivity index (χ1) is 12.2. The fourth-order valence-corrected chi connectivity index (χ4v) is 3.66. The molecule has 8 heteroatoms. The minimum absolute atomic E-state index is 0.148. The summed E-state index contributed by atoms with van der Waals surface area (Å²) >= 11 is 0. The van der Waals surface area contributed by atoms with Crippen LogP contribution in [0.4, 0.5) is 17.1 Å². The maximum absolute atomic E-state index is 12.6. The molecule has 2 aromatic carbocycles. The maximum atomic E-state index is 12.6. The Hall–Kier alpha value is -2.61. The Kier molecular flexibility index (Phi) is 6.20. The van der Waals surface area contributed by atoms with Gasteiger partial charge in [-0.3, -0.25) is 14.8 Å². The zero-order valence-corrected chi connectivity index (χ0v) is 15.9. The number of rotatable bonds is 8. The summed E-state index contributed by atoms with van der Waals surface area (Å²) in [6, 6.07) is 9.23. The molecule has 0 saturated carbocycles. The van der Waals surface area contributed by atoms with Gasteiger partial charge in [0.15, 0.2) is 0 Å². The summed E-state index contributed by atoms with van der Waals surface area (Å²) in [5.41, 5.74) is 2.30. The van der Waals surface area contributed by atoms with Crippen molar-refractivity contribution in [2.75, 3.05) is 16.6 Å². The number of hydrogen-bond donors (Lipinski definition) is 2. The van der Waals surface area contributed by atoms with Gasteiger partial charge in [0.2, 0.25) is 0 Å². The van der Waals surface area contributed by atoms with Gasteiger partial charge in [-0.2, -0.15) is 0 Å². The molecule has 0 unspecified atom stereocenters. The van der Waals surface area contributed by atoms with Crippen molar-refractivity contribution in [3.05, 3.63) is 57.6 Å². The van der Waals surface area contributed by atoms with E-state index in [0.29, 0.717) is 17.9 Å². The Labute approximate surface area is 153 Å². The molecular formula is C18H23N3O4S. The summed E-state index contributed by atoms with van der Waals surface area (Å²) in [5, 5.41) is 14.3. The second-order valence-electron chi connectivity index (χ2n) is 6.14. The van der Waals surface area contributed by atoms with Gasteiger partial charge in [0.1, 0.15) is 5.69 Å². The third-order valence-electron chi connectivity index (χ3n) is 3.95. The number of nitro groups is 1. The minimum Gasteiger partial charge on any atom is -0.379 e. The molecule has 0 heterocycles. The van der Waals surface area contributed by atoms with Gasteiger partial charge in [0.05, 0.1) is 15.5 Å². The predicted octanol–water partition coefficient (Wildman–Crippen LogP) is 4.22. The Bertz CT molecular complexity index is 911. The van der Waals surface area contributed by atoms with E-state index in [4.69, 9.17) is 0 Å². The van der Waals surface area contributed by atoms with Gasteiger partial charge in [-0.25, -0.2) is 8.42 Å². The Morgan fingerprint density at radius 1 is 1.08 bits per heavy atom. The predicted molar refractivity (Wildman–Crippen MR) is 103 cm³/mol. The van der Waals surface area contributed by atoms with E-state index in [1.807, 2.05) is 19.9 Å². The highest BCUT2D eigenvalue weighted by Crippen LogP contribution is 2.29. The molecule has 0 aliphatic carbocycles. The Morgan fingerprint density at radius 3 is 2.38 bits per heavy atom. The van der Waals surface area contributed by atoms with Gasteiger partial charge in [0, 0.05) is 12.6 Å². The summed E-state index contributed by atoms with van der Waals surface area (Å²) in [6.45, 7) is 6.32. The maximum Gasteiger partial charge on any atom is 0.293 e. The van der Waals surface area contributed by atoms with Crippen LogP contribution in [0.1, 0.15) is 30.9 Å². The molecule has 0 amide bonds. The van der Waals surface area contributed by atoms with Gasteiger partial charge in [-0.05, 0) is 44.0 Å². The SMILES string of the molecule is CCCCNc1ccc(S(=O)(=O)Nc2ccc(C)cc2C)cc1[N+](=O)[O-]. The minimum atomic E-state index is -3.93. The second kappa shape index (κ2) is 8.18. The molecule has 2 rings (SSSR count). The van der Waals surface area contributed by atoms with Crippen LogP contribution >= 0.6 is 0 Å². The molecule has 7 nitrogen and oxygen atoms in total. The fraction of sp³-hybridized carbons (Fsp3) is 0.333. The van der Waals surface area contributed by atoms with E-state index in [1.165, 1.54) is 12.1 Å². The average Bonchev–Trinajstić information content (AvgIpc) is 2.57. The zero-order valence-electron chi connectivity index (χ0n) is 15.1. The Morgan fingerprint density at radius 2 is 1.77 bits per heavy atom. The summed E-state index contributed by atoms with van der Waals surface area (Å²) in [4.78, 5) is 10.6. The summed E-state index contributed by atoms with van der Waals surface area (Å²) in [7, 11) is -3.93. The molecule has 0 spiro atoms. The number of hydrogen-bond acceptors (Lipinski definition) is 5. The van der Waals surface area contributed by atoms with E-state index in [2.05, 4.69) is 10.0 Å². The average molecular weight is 377 g/mol. The highest BCUT2D eigenvalue weighted by atomic mass is 32.2. The van der Waals surface area contributed by atoms with Crippen LogP contribution in [0.5, 0.6) is 0 Å². The van der Waals surface area contributed by atoms with Crippen LogP contribution < -0.4 is 10.0 Å². The molecule has 0 fully saturated rings. The van der Waals surface area contributed by atoms with Crippen LogP contribution in [-0.2, 0) is 10.0 Å². The lowest BCUT2D eigenvalue weighted by molar-refractivity contribution is -0.384. The first-order valence-electron chi connectivity index (χ1n) is 8.37. The normalized spacial score (nSPS) is 11.2. The number of benzene rings is 2. The van der Waals surface area contributed by atoms with Gasteiger partial charge in [-0.15, -0.1) is 0 Å². The van der Waals surface area contributed by atoms with Crippen LogP contribution in [0, 0.1) is 24.0 Å². The van der Waals surface area contributed by atoms with Crippen LogP contribution in [-0.4, -0.2) is 19.9 Å². The summed E-state index contributed by atoms with van der Waals surface area (Å²) in [5.74, 6) is 0. The van der Waals surface area contributed by atoms with Crippen molar-refractivity contribution in [1.29, 1.82) is 0 Å². The first-order valence-corrected chi connectivity index (χ1v) is 9.85. The first kappa shape index (κ1) is 19.7. The molecule has 0 bridgehead atoms. The van der Waals surface area contributed by atoms with Crippen LogP contribution in [0.2, 0.25) is 0 Å². The molecule has 0 aliphatic rings. The lowest BCUT2D eigenvalue weighted by Gasteiger charge is -2.12. The Balaban J connectivity index is 2.33. The smallest absolute Gasteiger partial charge is 0.293 e. The van der Waals surface area contributed by atoms with Crippen molar-refractivity contribution in [1.82, 2.24) is 0 Å². The van der Waals surface area contributed by atoms with Crippen molar-refractivity contribution in [3.8, 4) is 0 Å². The topological polar surface area (TPSA) is 101 Å². The summed E-state index contributed by atoms with van der Waals surface area (Å²) < 4.78 is 27.8. The van der Waals surface area contributed by atoms with Crippen LogP contribution in [0.3, 0.4) is 0 Å². The van der Waals surface area contributed by atoms with E-state index < -0.39 is 14.9 Å². The van der Waals surface area contributed by atoms with E-state index in [-0.39, 0.29) is 10.6 Å². The second-order valence-corrected chi connectivity index (χ2v) is 7.82.